The molecule has 198 valence electrons. The number of hydrogen-bond acceptors (Lipinski definition) is 6. The Bertz CT molecular complexity index is 1290. The lowest BCUT2D eigenvalue weighted by Gasteiger charge is -2.12. The van der Waals surface area contributed by atoms with Gasteiger partial charge in [0.25, 0.3) is 0 Å². The molecule has 38 heavy (non-hydrogen) atoms. The van der Waals surface area contributed by atoms with Crippen LogP contribution in [0.4, 0.5) is 0 Å². The molecular weight excluding hydrogens is 502 g/mol. The van der Waals surface area contributed by atoms with E-state index >= 15 is 0 Å². The van der Waals surface area contributed by atoms with E-state index in [1.54, 1.807) is 12.1 Å². The van der Waals surface area contributed by atoms with Crippen LogP contribution in [-0.4, -0.2) is 63.0 Å². The highest BCUT2D eigenvalue weighted by Gasteiger charge is 2.08. The van der Waals surface area contributed by atoms with E-state index < -0.39 is 5.97 Å². The molecule has 0 heterocycles. The van der Waals surface area contributed by atoms with Gasteiger partial charge >= 0.3 is 5.97 Å². The molecule has 1 N–H and O–H groups in total. The molecule has 0 saturated carbocycles. The first-order chi connectivity index (χ1) is 18.4. The zero-order valence-corrected chi connectivity index (χ0v) is 22.6. The van der Waals surface area contributed by atoms with Crippen molar-refractivity contribution in [2.45, 2.75) is 6.92 Å². The fourth-order valence-electron chi connectivity index (χ4n) is 3.58. The van der Waals surface area contributed by atoms with Crippen LogP contribution < -0.4 is 9.47 Å². The maximum Gasteiger partial charge on any atom is 0.343 e. The number of likely N-dealkylation sites (N-methyl/N-ethyl adjacent to an activating group) is 1. The molecule has 0 aliphatic carbocycles. The van der Waals surface area contributed by atoms with E-state index in [1.165, 1.54) is 7.11 Å². The molecule has 0 aromatic heterocycles. The van der Waals surface area contributed by atoms with Crippen LogP contribution in [0.3, 0.4) is 0 Å². The SMILES string of the molecule is COC(=O)COc1ccc(OC/C=C(/c2ccc(Cl)cc2)c2ccc(C#CCN(C)CCO)cc2)cc1C. The summed E-state index contributed by atoms with van der Waals surface area (Å²) >= 11 is 6.12. The Morgan fingerprint density at radius 3 is 2.34 bits per heavy atom. The Balaban J connectivity index is 1.74. The van der Waals surface area contributed by atoms with Crippen molar-refractivity contribution in [3.05, 3.63) is 100 Å². The number of methoxy groups -OCH3 is 1. The molecular formula is C31H32ClNO5. The van der Waals surface area contributed by atoms with Crippen LogP contribution in [0.2, 0.25) is 5.02 Å². The molecule has 3 aromatic rings. The van der Waals surface area contributed by atoms with Gasteiger partial charge in [-0.2, -0.15) is 0 Å². The van der Waals surface area contributed by atoms with Gasteiger partial charge in [0.15, 0.2) is 6.61 Å². The second kappa shape index (κ2) is 14.8. The quantitative estimate of drug-likeness (QED) is 0.277. The molecule has 0 saturated heterocycles. The summed E-state index contributed by atoms with van der Waals surface area (Å²) in [5.41, 5.74) is 4.83. The number of carbonyl (C=O) groups excluding carboxylic acids is 1. The monoisotopic (exact) mass is 533 g/mol. The van der Waals surface area contributed by atoms with E-state index in [-0.39, 0.29) is 13.2 Å². The molecule has 0 fully saturated rings. The number of benzene rings is 3. The van der Waals surface area contributed by atoms with Gasteiger partial charge in [-0.3, -0.25) is 4.90 Å². The molecule has 0 atom stereocenters. The van der Waals surface area contributed by atoms with Gasteiger partial charge in [0.1, 0.15) is 18.1 Å². The van der Waals surface area contributed by atoms with Crippen molar-refractivity contribution >= 4 is 23.1 Å². The zero-order valence-electron chi connectivity index (χ0n) is 21.9. The maximum atomic E-state index is 11.3. The zero-order chi connectivity index (χ0) is 27.3. The highest BCUT2D eigenvalue weighted by atomic mass is 35.5. The fraction of sp³-hybridized carbons (Fsp3) is 0.258. The minimum atomic E-state index is -0.435. The molecule has 0 aliphatic rings. The minimum Gasteiger partial charge on any atom is -0.489 e. The number of aliphatic hydroxyl groups excluding tert-OH is 1. The third kappa shape index (κ3) is 8.97. The van der Waals surface area contributed by atoms with Crippen molar-refractivity contribution in [3.63, 3.8) is 0 Å². The van der Waals surface area contributed by atoms with Crippen LogP contribution in [0, 0.1) is 18.8 Å². The summed E-state index contributed by atoms with van der Waals surface area (Å²) in [6, 6.07) is 21.2. The van der Waals surface area contributed by atoms with Crippen LogP contribution in [0.5, 0.6) is 11.5 Å². The second-order valence-electron chi connectivity index (χ2n) is 8.57. The predicted octanol–water partition coefficient (Wildman–Crippen LogP) is 4.99. The van der Waals surface area contributed by atoms with Crippen molar-refractivity contribution < 1.29 is 24.1 Å². The largest absolute Gasteiger partial charge is 0.489 e. The average Bonchev–Trinajstić information content (AvgIpc) is 2.92. The van der Waals surface area contributed by atoms with Gasteiger partial charge in [0.2, 0.25) is 0 Å². The number of carbonyl (C=O) groups is 1. The number of aliphatic hydroxyl groups is 1. The molecule has 0 aliphatic heterocycles. The normalized spacial score (nSPS) is 11.1. The van der Waals surface area contributed by atoms with Gasteiger partial charge < -0.3 is 19.3 Å². The highest BCUT2D eigenvalue weighted by Crippen LogP contribution is 2.27. The summed E-state index contributed by atoms with van der Waals surface area (Å²) in [5, 5.41) is 9.68. The maximum absolute atomic E-state index is 11.3. The third-order valence-electron chi connectivity index (χ3n) is 5.67. The lowest BCUT2D eigenvalue weighted by molar-refractivity contribution is -0.142. The standard InChI is InChI=1S/C31H32ClNO5/c1-23-21-28(14-15-30(23)38-22-31(35)36-3)37-20-16-29(26-10-12-27(32)13-11-26)25-8-6-24(7-9-25)5-4-17-33(2)18-19-34/h6-16,21,34H,17-20,22H2,1-3H3/b29-16+. The topological polar surface area (TPSA) is 68.2 Å². The Hall–Kier alpha value is -3.76. The molecule has 6 nitrogen and oxygen atoms in total. The number of halogens is 1. The molecule has 0 bridgehead atoms. The summed E-state index contributed by atoms with van der Waals surface area (Å²) in [4.78, 5) is 13.3. The number of ether oxygens (including phenoxy) is 3. The Labute approximate surface area is 229 Å². The molecule has 3 aromatic carbocycles. The van der Waals surface area contributed by atoms with Crippen LogP contribution >= 0.6 is 11.6 Å². The van der Waals surface area contributed by atoms with Crippen molar-refractivity contribution in [1.29, 1.82) is 0 Å². The fourth-order valence-corrected chi connectivity index (χ4v) is 3.71. The van der Waals surface area contributed by atoms with Crippen LogP contribution in [0.15, 0.2) is 72.8 Å². The first-order valence-corrected chi connectivity index (χ1v) is 12.5. The van der Waals surface area contributed by atoms with E-state index in [9.17, 15) is 4.79 Å². The van der Waals surface area contributed by atoms with Gasteiger partial charge in [-0.1, -0.05) is 47.7 Å². The van der Waals surface area contributed by atoms with Crippen LogP contribution in [-0.2, 0) is 9.53 Å². The van der Waals surface area contributed by atoms with E-state index in [2.05, 4.69) is 16.6 Å². The molecule has 0 unspecified atom stereocenters. The summed E-state index contributed by atoms with van der Waals surface area (Å²) in [7, 11) is 3.25. The number of rotatable bonds is 11. The van der Waals surface area contributed by atoms with E-state index in [4.69, 9.17) is 26.2 Å². The summed E-state index contributed by atoms with van der Waals surface area (Å²) < 4.78 is 16.1. The lowest BCUT2D eigenvalue weighted by Crippen LogP contribution is -2.22. The summed E-state index contributed by atoms with van der Waals surface area (Å²) in [5.74, 6) is 7.16. The van der Waals surface area contributed by atoms with Gasteiger partial charge in [-0.15, -0.1) is 0 Å². The van der Waals surface area contributed by atoms with Gasteiger partial charge in [0, 0.05) is 17.1 Å². The van der Waals surface area contributed by atoms with Crippen molar-refractivity contribution in [1.82, 2.24) is 4.90 Å². The Kier molecular flexibility index (Phi) is 11.3. The smallest absolute Gasteiger partial charge is 0.343 e. The molecule has 0 spiro atoms. The van der Waals surface area contributed by atoms with Crippen molar-refractivity contribution in [2.75, 3.05) is 47.1 Å². The summed E-state index contributed by atoms with van der Waals surface area (Å²) in [6.45, 7) is 3.40. The molecule has 7 heteroatoms. The Morgan fingerprint density at radius 2 is 1.71 bits per heavy atom. The van der Waals surface area contributed by atoms with Crippen LogP contribution in [0.25, 0.3) is 5.57 Å². The van der Waals surface area contributed by atoms with Crippen molar-refractivity contribution in [3.8, 4) is 23.3 Å². The van der Waals surface area contributed by atoms with Crippen molar-refractivity contribution in [2.24, 2.45) is 0 Å². The van der Waals surface area contributed by atoms with Gasteiger partial charge in [0.05, 0.1) is 20.3 Å². The molecule has 0 amide bonds. The van der Waals surface area contributed by atoms with E-state index in [1.807, 2.05) is 79.5 Å². The molecule has 3 rings (SSSR count). The average molecular weight is 534 g/mol. The van der Waals surface area contributed by atoms with E-state index in [0.29, 0.717) is 36.2 Å². The second-order valence-corrected chi connectivity index (χ2v) is 9.00. The van der Waals surface area contributed by atoms with Gasteiger partial charge in [-0.25, -0.2) is 4.79 Å². The first-order valence-electron chi connectivity index (χ1n) is 12.2. The minimum absolute atomic E-state index is 0.118. The Morgan fingerprint density at radius 1 is 1.03 bits per heavy atom. The van der Waals surface area contributed by atoms with E-state index in [0.717, 1.165) is 27.8 Å². The number of esters is 1. The number of aryl methyl sites for hydroxylation is 1. The predicted molar refractivity (Wildman–Crippen MR) is 151 cm³/mol. The number of nitrogens with zero attached hydrogens (tertiary/aromatic N) is 1. The number of hydrogen-bond donors (Lipinski definition) is 1. The first kappa shape index (κ1) is 28.8. The van der Waals surface area contributed by atoms with Crippen LogP contribution in [0.1, 0.15) is 22.3 Å². The van der Waals surface area contributed by atoms with Gasteiger partial charge in [-0.05, 0) is 84.8 Å². The molecule has 0 radical (unpaired) electrons. The highest BCUT2D eigenvalue weighted by molar-refractivity contribution is 6.30. The third-order valence-corrected chi connectivity index (χ3v) is 5.92. The summed E-state index contributed by atoms with van der Waals surface area (Å²) in [6.07, 6.45) is 2.03. The lowest BCUT2D eigenvalue weighted by atomic mass is 9.97.